The summed E-state index contributed by atoms with van der Waals surface area (Å²) >= 11 is 0. The van der Waals surface area contributed by atoms with Gasteiger partial charge in [0, 0.05) is 39.0 Å². The van der Waals surface area contributed by atoms with Gasteiger partial charge < -0.3 is 20.5 Å². The predicted molar refractivity (Wildman–Crippen MR) is 116 cm³/mol. The van der Waals surface area contributed by atoms with Gasteiger partial charge in [-0.1, -0.05) is 6.42 Å². The van der Waals surface area contributed by atoms with Crippen molar-refractivity contribution in [3.8, 4) is 0 Å². The molecule has 0 bridgehead atoms. The van der Waals surface area contributed by atoms with Crippen LogP contribution >= 0.6 is 24.0 Å². The van der Waals surface area contributed by atoms with E-state index in [1.165, 1.54) is 19.3 Å². The van der Waals surface area contributed by atoms with Crippen molar-refractivity contribution >= 4 is 35.8 Å². The minimum atomic E-state index is -0.218. The molecule has 2 aliphatic heterocycles. The van der Waals surface area contributed by atoms with E-state index in [1.54, 1.807) is 0 Å². The second kappa shape index (κ2) is 10.8. The number of rotatable bonds is 5. The maximum absolute atomic E-state index is 11.3. The molecule has 1 saturated heterocycles. The number of halogens is 1. The maximum atomic E-state index is 11.3. The smallest absolute Gasteiger partial charge is 0.217 e. The lowest BCUT2D eigenvalue weighted by molar-refractivity contribution is -0.119. The Morgan fingerprint density at radius 1 is 1.26 bits per heavy atom. The number of nitrogens with one attached hydrogen (secondary N) is 1. The molecule has 3 N–H and O–H groups in total. The molecule has 1 unspecified atom stereocenters. The Labute approximate surface area is 178 Å². The molecular weight excluding hydrogens is 457 g/mol. The molecule has 0 spiro atoms. The van der Waals surface area contributed by atoms with Gasteiger partial charge in [-0.05, 0) is 38.5 Å². The Bertz CT molecular complexity index is 646. The average Bonchev–Trinajstić information content (AvgIpc) is 2.85. The number of carbonyl (C=O) groups excluding carboxylic acids is 1. The van der Waals surface area contributed by atoms with E-state index in [0.717, 1.165) is 63.0 Å². The lowest BCUT2D eigenvalue weighted by Gasteiger charge is -2.34. The summed E-state index contributed by atoms with van der Waals surface area (Å²) in [6, 6.07) is 0. The quantitative estimate of drug-likeness (QED) is 0.373. The first-order valence-corrected chi connectivity index (χ1v) is 9.90. The first-order chi connectivity index (χ1) is 12.7. The number of nitrogens with two attached hydrogens (primary N) is 1. The minimum absolute atomic E-state index is 0. The molecule has 1 atom stereocenters. The second-order valence-electron chi connectivity index (χ2n) is 7.29. The Morgan fingerprint density at radius 2 is 2.11 bits per heavy atom. The lowest BCUT2D eigenvalue weighted by atomic mass is 9.95. The summed E-state index contributed by atoms with van der Waals surface area (Å²) in [6.07, 6.45) is 7.20. The number of likely N-dealkylation sites (tertiary alicyclic amines) is 1. The first kappa shape index (κ1) is 21.9. The van der Waals surface area contributed by atoms with Gasteiger partial charge in [-0.2, -0.15) is 0 Å². The van der Waals surface area contributed by atoms with Gasteiger partial charge in [0.05, 0.1) is 0 Å². The van der Waals surface area contributed by atoms with Gasteiger partial charge >= 0.3 is 0 Å². The van der Waals surface area contributed by atoms with E-state index < -0.39 is 0 Å². The van der Waals surface area contributed by atoms with Crippen LogP contribution in [-0.2, 0) is 24.3 Å². The van der Waals surface area contributed by atoms with Crippen LogP contribution in [0.25, 0.3) is 0 Å². The fourth-order valence-corrected chi connectivity index (χ4v) is 3.94. The Balaban J connectivity index is 0.00000261. The highest BCUT2D eigenvalue weighted by molar-refractivity contribution is 14.0. The van der Waals surface area contributed by atoms with Crippen LogP contribution in [0.5, 0.6) is 0 Å². The zero-order valence-electron chi connectivity index (χ0n) is 16.2. The van der Waals surface area contributed by atoms with Crippen LogP contribution in [0.4, 0.5) is 0 Å². The molecular formula is C18H32IN7O. The number of hydrogen-bond acceptors (Lipinski definition) is 4. The van der Waals surface area contributed by atoms with Gasteiger partial charge in [0.2, 0.25) is 5.91 Å². The van der Waals surface area contributed by atoms with Gasteiger partial charge in [-0.15, -0.1) is 34.2 Å². The normalized spacial score (nSPS) is 20.4. The van der Waals surface area contributed by atoms with Gasteiger partial charge in [0.15, 0.2) is 11.8 Å². The molecule has 9 heteroatoms. The third-order valence-electron chi connectivity index (χ3n) is 5.20. The number of piperidine rings is 1. The molecule has 1 aromatic rings. The zero-order valence-corrected chi connectivity index (χ0v) is 18.5. The standard InChI is InChI=1S/C18H31N7O.HI/c1-2-20-18(24-9-6-7-14(13-24)11-15(19)26)21-12-17-23-22-16-8-4-3-5-10-25(16)17;/h14H,2-13H2,1H3,(H2,19,26)(H,20,21);1H. The fourth-order valence-electron chi connectivity index (χ4n) is 3.94. The van der Waals surface area contributed by atoms with E-state index >= 15 is 0 Å². The van der Waals surface area contributed by atoms with Crippen molar-refractivity contribution in [1.29, 1.82) is 0 Å². The van der Waals surface area contributed by atoms with Crippen molar-refractivity contribution in [2.75, 3.05) is 19.6 Å². The molecule has 0 aliphatic carbocycles. The molecule has 1 fully saturated rings. The van der Waals surface area contributed by atoms with Crippen molar-refractivity contribution in [2.24, 2.45) is 16.6 Å². The summed E-state index contributed by atoms with van der Waals surface area (Å²) in [7, 11) is 0. The largest absolute Gasteiger partial charge is 0.370 e. The third-order valence-corrected chi connectivity index (χ3v) is 5.20. The molecule has 0 radical (unpaired) electrons. The number of amides is 1. The number of fused-ring (bicyclic) bond motifs is 1. The van der Waals surface area contributed by atoms with E-state index in [2.05, 4.69) is 31.9 Å². The van der Waals surface area contributed by atoms with E-state index in [0.29, 0.717) is 18.9 Å². The van der Waals surface area contributed by atoms with Crippen molar-refractivity contribution in [2.45, 2.75) is 65.0 Å². The second-order valence-corrected chi connectivity index (χ2v) is 7.29. The summed E-state index contributed by atoms with van der Waals surface area (Å²) in [4.78, 5) is 18.3. The van der Waals surface area contributed by atoms with Gasteiger partial charge in [-0.3, -0.25) is 4.79 Å². The summed E-state index contributed by atoms with van der Waals surface area (Å²) in [5.41, 5.74) is 5.38. The highest BCUT2D eigenvalue weighted by atomic mass is 127. The molecule has 2 aliphatic rings. The molecule has 3 heterocycles. The summed E-state index contributed by atoms with van der Waals surface area (Å²) in [5.74, 6) is 3.03. The topological polar surface area (TPSA) is 101 Å². The first-order valence-electron chi connectivity index (χ1n) is 9.90. The van der Waals surface area contributed by atoms with Crippen molar-refractivity contribution in [3.05, 3.63) is 11.6 Å². The maximum Gasteiger partial charge on any atom is 0.217 e. The Morgan fingerprint density at radius 3 is 2.89 bits per heavy atom. The van der Waals surface area contributed by atoms with E-state index in [9.17, 15) is 4.79 Å². The number of aliphatic imine (C=N–C) groups is 1. The fraction of sp³-hybridized carbons (Fsp3) is 0.778. The zero-order chi connectivity index (χ0) is 18.4. The van der Waals surface area contributed by atoms with Crippen LogP contribution in [-0.4, -0.2) is 51.2 Å². The van der Waals surface area contributed by atoms with Crippen molar-refractivity contribution < 1.29 is 4.79 Å². The molecule has 0 aromatic carbocycles. The van der Waals surface area contributed by atoms with Gasteiger partial charge in [0.1, 0.15) is 12.4 Å². The number of aryl methyl sites for hydroxylation is 1. The number of hydrogen-bond donors (Lipinski definition) is 2. The molecule has 1 amide bonds. The van der Waals surface area contributed by atoms with Crippen molar-refractivity contribution in [3.63, 3.8) is 0 Å². The Kier molecular flexibility index (Phi) is 8.78. The van der Waals surface area contributed by atoms with Crippen LogP contribution in [0, 0.1) is 5.92 Å². The monoisotopic (exact) mass is 489 g/mol. The van der Waals surface area contributed by atoms with Crippen LogP contribution in [0.1, 0.15) is 57.1 Å². The van der Waals surface area contributed by atoms with Gasteiger partial charge in [0.25, 0.3) is 0 Å². The SMILES string of the molecule is CCNC(=NCc1nnc2n1CCCCC2)N1CCCC(CC(N)=O)C1.I. The Hall–Kier alpha value is -1.39. The summed E-state index contributed by atoms with van der Waals surface area (Å²) in [6.45, 7) is 6.20. The lowest BCUT2D eigenvalue weighted by Crippen LogP contribution is -2.47. The third kappa shape index (κ3) is 6.05. The van der Waals surface area contributed by atoms with E-state index in [4.69, 9.17) is 10.7 Å². The molecule has 0 saturated carbocycles. The van der Waals surface area contributed by atoms with Crippen molar-refractivity contribution in [1.82, 2.24) is 25.0 Å². The molecule has 152 valence electrons. The van der Waals surface area contributed by atoms with E-state index in [1.807, 2.05) is 0 Å². The molecule has 27 heavy (non-hydrogen) atoms. The van der Waals surface area contributed by atoms with Crippen LogP contribution in [0.3, 0.4) is 0 Å². The number of guanidine groups is 1. The number of aromatic nitrogens is 3. The van der Waals surface area contributed by atoms with Crippen LogP contribution in [0.2, 0.25) is 0 Å². The highest BCUT2D eigenvalue weighted by Crippen LogP contribution is 2.20. The van der Waals surface area contributed by atoms with Crippen LogP contribution < -0.4 is 11.1 Å². The van der Waals surface area contributed by atoms with Crippen LogP contribution in [0.15, 0.2) is 4.99 Å². The van der Waals surface area contributed by atoms with E-state index in [-0.39, 0.29) is 29.9 Å². The minimum Gasteiger partial charge on any atom is -0.370 e. The highest BCUT2D eigenvalue weighted by Gasteiger charge is 2.24. The molecule has 1 aromatic heterocycles. The number of primary amides is 1. The summed E-state index contributed by atoms with van der Waals surface area (Å²) in [5, 5.41) is 12.1. The number of carbonyl (C=O) groups is 1. The molecule has 8 nitrogen and oxygen atoms in total. The summed E-state index contributed by atoms with van der Waals surface area (Å²) < 4.78 is 2.24. The van der Waals surface area contributed by atoms with Gasteiger partial charge in [-0.25, -0.2) is 4.99 Å². The number of nitrogens with zero attached hydrogens (tertiary/aromatic N) is 5. The average molecular weight is 489 g/mol. The molecule has 3 rings (SSSR count). The predicted octanol–water partition coefficient (Wildman–Crippen LogP) is 1.68.